The fourth-order valence-electron chi connectivity index (χ4n) is 3.62. The summed E-state index contributed by atoms with van der Waals surface area (Å²) in [5.74, 6) is -0.720. The van der Waals surface area contributed by atoms with Crippen molar-refractivity contribution in [1.29, 1.82) is 5.26 Å². The molecule has 0 aliphatic carbocycles. The minimum Gasteiger partial charge on any atom is -0.337 e. The van der Waals surface area contributed by atoms with Gasteiger partial charge in [0.05, 0.1) is 23.8 Å². The predicted octanol–water partition coefficient (Wildman–Crippen LogP) is 5.46. The Morgan fingerprint density at radius 3 is 2.56 bits per heavy atom. The van der Waals surface area contributed by atoms with E-state index in [0.717, 1.165) is 22.9 Å². The Bertz CT molecular complexity index is 1490. The lowest BCUT2D eigenvalue weighted by Crippen LogP contribution is -2.49. The number of benzene rings is 2. The molecule has 0 radical (unpaired) electrons. The molecular weight excluding hydrogens is 495 g/mol. The predicted molar refractivity (Wildman–Crippen MR) is 143 cm³/mol. The summed E-state index contributed by atoms with van der Waals surface area (Å²) in [4.78, 5) is 31.8. The Labute approximate surface area is 216 Å². The van der Waals surface area contributed by atoms with Crippen molar-refractivity contribution in [2.45, 2.75) is 38.0 Å². The van der Waals surface area contributed by atoms with Gasteiger partial charge in [-0.1, -0.05) is 68.1 Å². The monoisotopic (exact) mass is 520 g/mol. The zero-order valence-corrected chi connectivity index (χ0v) is 21.8. The van der Waals surface area contributed by atoms with E-state index in [1.807, 2.05) is 49.6 Å². The second-order valence-corrected chi connectivity index (χ2v) is 10.7. The number of nitrogens with zero attached hydrogens (tertiary/aromatic N) is 3. The van der Waals surface area contributed by atoms with Gasteiger partial charge in [-0.05, 0) is 36.1 Å². The Hall–Kier alpha value is -3.48. The van der Waals surface area contributed by atoms with Gasteiger partial charge in [-0.2, -0.15) is 5.26 Å². The van der Waals surface area contributed by atoms with E-state index < -0.39 is 5.54 Å². The molecule has 0 unspecified atom stereocenters. The normalized spacial score (nSPS) is 12.9. The molecular formula is C27H25FN4O2S2. The fraction of sp³-hybridized carbons (Fsp3) is 0.259. The van der Waals surface area contributed by atoms with E-state index in [1.54, 1.807) is 23.6 Å². The number of hydrogen-bond donors (Lipinski definition) is 1. The first-order valence-electron chi connectivity index (χ1n) is 11.4. The topological polar surface area (TPSA) is 87.8 Å². The lowest BCUT2D eigenvalue weighted by atomic mass is 9.90. The van der Waals surface area contributed by atoms with Crippen molar-refractivity contribution in [3.05, 3.63) is 81.7 Å². The molecule has 4 aromatic rings. The standard InChI is InChI=1S/C27H25FN4O2S2/c1-17(2)27(3,16-29)31-22(33)15-36-26-30-24-23(21(14-35-24)19-9-11-20(28)12-10-19)25(34)32(26)13-18-7-5-4-6-8-18/h4-12,14,17H,13,15H2,1-3H3,(H,31,33)/t27-/m1/s1. The van der Waals surface area contributed by atoms with Crippen molar-refractivity contribution in [3.63, 3.8) is 0 Å². The van der Waals surface area contributed by atoms with Crippen molar-refractivity contribution in [2.75, 3.05) is 5.75 Å². The maximum absolute atomic E-state index is 13.8. The molecule has 1 atom stereocenters. The summed E-state index contributed by atoms with van der Waals surface area (Å²) in [6.45, 7) is 5.73. The highest BCUT2D eigenvalue weighted by molar-refractivity contribution is 7.99. The Morgan fingerprint density at radius 2 is 1.92 bits per heavy atom. The van der Waals surface area contributed by atoms with Crippen LogP contribution in [0.3, 0.4) is 0 Å². The zero-order chi connectivity index (χ0) is 25.9. The van der Waals surface area contributed by atoms with E-state index in [9.17, 15) is 19.2 Å². The number of hydrogen-bond acceptors (Lipinski definition) is 6. The first kappa shape index (κ1) is 25.6. The number of thiophene rings is 1. The molecule has 6 nitrogen and oxygen atoms in total. The lowest BCUT2D eigenvalue weighted by Gasteiger charge is -2.27. The molecule has 0 bridgehead atoms. The van der Waals surface area contributed by atoms with Crippen LogP contribution in [-0.2, 0) is 11.3 Å². The van der Waals surface area contributed by atoms with Crippen LogP contribution in [0.4, 0.5) is 4.39 Å². The van der Waals surface area contributed by atoms with Crippen LogP contribution in [0.2, 0.25) is 0 Å². The van der Waals surface area contributed by atoms with E-state index in [-0.39, 0.29) is 35.5 Å². The highest BCUT2D eigenvalue weighted by Gasteiger charge is 2.30. The molecule has 2 aromatic carbocycles. The molecule has 36 heavy (non-hydrogen) atoms. The molecule has 0 saturated heterocycles. The van der Waals surface area contributed by atoms with Crippen LogP contribution in [0.25, 0.3) is 21.3 Å². The maximum Gasteiger partial charge on any atom is 0.263 e. The number of carbonyl (C=O) groups excluding carboxylic acids is 1. The number of rotatable bonds is 8. The molecule has 1 N–H and O–H groups in total. The van der Waals surface area contributed by atoms with Crippen LogP contribution in [-0.4, -0.2) is 26.8 Å². The second-order valence-electron chi connectivity index (χ2n) is 8.91. The molecule has 184 valence electrons. The van der Waals surface area contributed by atoms with Gasteiger partial charge in [-0.15, -0.1) is 11.3 Å². The second kappa shape index (κ2) is 10.6. The SMILES string of the molecule is CC(C)[C@@](C)(C#N)NC(=O)CSc1nc2scc(-c3ccc(F)cc3)c2c(=O)n1Cc1ccccc1. The van der Waals surface area contributed by atoms with Gasteiger partial charge in [0.25, 0.3) is 5.56 Å². The smallest absolute Gasteiger partial charge is 0.263 e. The molecule has 0 aliphatic heterocycles. The summed E-state index contributed by atoms with van der Waals surface area (Å²) in [5, 5.41) is 15.0. The summed E-state index contributed by atoms with van der Waals surface area (Å²) >= 11 is 2.49. The zero-order valence-electron chi connectivity index (χ0n) is 20.1. The molecule has 9 heteroatoms. The van der Waals surface area contributed by atoms with Gasteiger partial charge in [0, 0.05) is 10.9 Å². The van der Waals surface area contributed by atoms with E-state index in [2.05, 4.69) is 11.4 Å². The van der Waals surface area contributed by atoms with Crippen molar-refractivity contribution >= 4 is 39.2 Å². The third-order valence-electron chi connectivity index (χ3n) is 6.12. The maximum atomic E-state index is 13.8. The van der Waals surface area contributed by atoms with Gasteiger partial charge < -0.3 is 5.32 Å². The first-order valence-corrected chi connectivity index (χ1v) is 13.3. The molecule has 0 spiro atoms. The Morgan fingerprint density at radius 1 is 1.22 bits per heavy atom. The Kier molecular flexibility index (Phi) is 7.57. The summed E-state index contributed by atoms with van der Waals surface area (Å²) in [5.41, 5.74) is 1.14. The highest BCUT2D eigenvalue weighted by Crippen LogP contribution is 2.32. The number of nitrogens with one attached hydrogen (secondary N) is 1. The van der Waals surface area contributed by atoms with Crippen molar-refractivity contribution < 1.29 is 9.18 Å². The number of aromatic nitrogens is 2. The highest BCUT2D eigenvalue weighted by atomic mass is 32.2. The van der Waals surface area contributed by atoms with Gasteiger partial charge >= 0.3 is 0 Å². The van der Waals surface area contributed by atoms with Gasteiger partial charge in [0.2, 0.25) is 5.91 Å². The van der Waals surface area contributed by atoms with Gasteiger partial charge in [-0.3, -0.25) is 14.2 Å². The minimum atomic E-state index is -0.990. The van der Waals surface area contributed by atoms with Crippen LogP contribution in [0.1, 0.15) is 26.3 Å². The first-order chi connectivity index (χ1) is 17.2. The number of nitriles is 1. The van der Waals surface area contributed by atoms with E-state index in [0.29, 0.717) is 20.9 Å². The molecule has 2 aromatic heterocycles. The van der Waals surface area contributed by atoms with Crippen LogP contribution in [0.5, 0.6) is 0 Å². The quantitative estimate of drug-likeness (QED) is 0.246. The molecule has 1 amide bonds. The van der Waals surface area contributed by atoms with Crippen LogP contribution in [0, 0.1) is 23.1 Å². The Balaban J connectivity index is 1.73. The summed E-state index contributed by atoms with van der Waals surface area (Å²) in [7, 11) is 0. The largest absolute Gasteiger partial charge is 0.337 e. The molecule has 2 heterocycles. The third-order valence-corrected chi connectivity index (χ3v) is 7.96. The molecule has 0 aliphatic rings. The summed E-state index contributed by atoms with van der Waals surface area (Å²) < 4.78 is 15.0. The molecule has 0 saturated carbocycles. The average molecular weight is 521 g/mol. The van der Waals surface area contributed by atoms with Crippen molar-refractivity contribution in [3.8, 4) is 17.2 Å². The minimum absolute atomic E-state index is 0.00687. The van der Waals surface area contributed by atoms with Crippen molar-refractivity contribution in [2.24, 2.45) is 5.92 Å². The van der Waals surface area contributed by atoms with E-state index in [1.165, 1.54) is 23.5 Å². The molecule has 0 fully saturated rings. The van der Waals surface area contributed by atoms with Crippen molar-refractivity contribution in [1.82, 2.24) is 14.9 Å². The number of amides is 1. The van der Waals surface area contributed by atoms with Gasteiger partial charge in [-0.25, -0.2) is 9.37 Å². The average Bonchev–Trinajstić information content (AvgIpc) is 3.29. The fourth-order valence-corrected chi connectivity index (χ4v) is 5.41. The summed E-state index contributed by atoms with van der Waals surface area (Å²) in [6.07, 6.45) is 0. The van der Waals surface area contributed by atoms with Crippen LogP contribution < -0.4 is 10.9 Å². The number of thioether (sulfide) groups is 1. The number of carbonyl (C=O) groups is 1. The van der Waals surface area contributed by atoms with Crippen LogP contribution in [0.15, 0.2) is 69.9 Å². The van der Waals surface area contributed by atoms with Gasteiger partial charge in [0.1, 0.15) is 16.2 Å². The lowest BCUT2D eigenvalue weighted by molar-refractivity contribution is -0.120. The van der Waals surface area contributed by atoms with E-state index in [4.69, 9.17) is 4.98 Å². The van der Waals surface area contributed by atoms with E-state index >= 15 is 0 Å². The third kappa shape index (κ3) is 5.35. The summed E-state index contributed by atoms with van der Waals surface area (Å²) in [6, 6.07) is 17.7. The number of fused-ring (bicyclic) bond motifs is 1. The molecule has 4 rings (SSSR count). The van der Waals surface area contributed by atoms with Gasteiger partial charge in [0.15, 0.2) is 5.16 Å². The number of halogens is 1. The van der Waals surface area contributed by atoms with Crippen LogP contribution >= 0.6 is 23.1 Å².